The van der Waals surface area contributed by atoms with Gasteiger partial charge in [-0.25, -0.2) is 0 Å². The maximum absolute atomic E-state index is 12.3. The van der Waals surface area contributed by atoms with Gasteiger partial charge in [-0.3, -0.25) is 4.79 Å². The highest BCUT2D eigenvalue weighted by atomic mass is 16.3. The van der Waals surface area contributed by atoms with Gasteiger partial charge in [0, 0.05) is 6.42 Å². The minimum atomic E-state index is -0.872. The average molecular weight is 588 g/mol. The highest BCUT2D eigenvalue weighted by Gasteiger charge is 2.17. The van der Waals surface area contributed by atoms with Crippen LogP contribution in [0.4, 0.5) is 0 Å². The first-order chi connectivity index (χ1) is 20.5. The first kappa shape index (κ1) is 40.1. The van der Waals surface area contributed by atoms with Crippen LogP contribution in [0.15, 0.2) is 60.8 Å². The molecule has 0 aliphatic carbocycles. The summed E-state index contributed by atoms with van der Waals surface area (Å²) in [7, 11) is 0. The lowest BCUT2D eigenvalue weighted by atomic mass is 10.1. The lowest BCUT2D eigenvalue weighted by molar-refractivity contribution is -0.122. The third kappa shape index (κ3) is 28.2. The molecule has 0 aliphatic heterocycles. The zero-order chi connectivity index (χ0) is 30.9. The molecule has 0 fully saturated rings. The normalized spacial score (nSPS) is 14.7. The molecule has 0 bridgehead atoms. The van der Waals surface area contributed by atoms with E-state index >= 15 is 0 Å². The third-order valence-electron chi connectivity index (χ3n) is 7.32. The van der Waals surface area contributed by atoms with Gasteiger partial charge in [-0.15, -0.1) is 0 Å². The van der Waals surface area contributed by atoms with Crippen molar-refractivity contribution in [2.75, 3.05) is 6.61 Å². The molecule has 5 nitrogen and oxygen atoms in total. The van der Waals surface area contributed by atoms with Crippen LogP contribution in [0.25, 0.3) is 0 Å². The number of unbranched alkanes of at least 4 members (excludes halogenated alkanes) is 12. The van der Waals surface area contributed by atoms with Crippen molar-refractivity contribution in [1.82, 2.24) is 5.32 Å². The maximum atomic E-state index is 12.3. The molecular weight excluding hydrogens is 522 g/mol. The van der Waals surface area contributed by atoms with Crippen LogP contribution in [-0.4, -0.2) is 46.1 Å². The summed E-state index contributed by atoms with van der Waals surface area (Å²) in [5.74, 6) is -0.137. The van der Waals surface area contributed by atoms with E-state index in [0.717, 1.165) is 64.2 Å². The Kier molecular flexibility index (Phi) is 30.5. The molecule has 0 saturated carbocycles. The van der Waals surface area contributed by atoms with Gasteiger partial charge in [0.2, 0.25) is 5.91 Å². The summed E-state index contributed by atoms with van der Waals surface area (Å²) in [4.78, 5) is 12.3. The van der Waals surface area contributed by atoms with E-state index in [2.05, 4.69) is 55.6 Å². The summed E-state index contributed by atoms with van der Waals surface area (Å²) >= 11 is 0. The van der Waals surface area contributed by atoms with Gasteiger partial charge in [-0.1, -0.05) is 145 Å². The lowest BCUT2D eigenvalue weighted by Crippen LogP contribution is -2.45. The van der Waals surface area contributed by atoms with Gasteiger partial charge in [-0.2, -0.15) is 0 Å². The van der Waals surface area contributed by atoms with Crippen LogP contribution in [0.1, 0.15) is 142 Å². The van der Waals surface area contributed by atoms with Crippen LogP contribution in [-0.2, 0) is 4.79 Å². The van der Waals surface area contributed by atoms with Gasteiger partial charge in [0.15, 0.2) is 0 Å². The van der Waals surface area contributed by atoms with E-state index in [0.29, 0.717) is 6.42 Å². The number of amides is 1. The van der Waals surface area contributed by atoms with Crippen LogP contribution >= 0.6 is 0 Å². The van der Waals surface area contributed by atoms with Gasteiger partial charge in [-0.05, 0) is 51.4 Å². The van der Waals surface area contributed by atoms with Crippen molar-refractivity contribution < 1.29 is 20.1 Å². The fraction of sp³-hybridized carbons (Fsp3) is 0.703. The highest BCUT2D eigenvalue weighted by Crippen LogP contribution is 2.12. The second kappa shape index (κ2) is 32.0. The molecule has 0 rings (SSSR count). The van der Waals surface area contributed by atoms with Crippen molar-refractivity contribution in [2.45, 2.75) is 161 Å². The number of hydrogen-bond donors (Lipinski definition) is 4. The molecule has 0 aromatic carbocycles. The van der Waals surface area contributed by atoms with Crippen LogP contribution in [0.5, 0.6) is 0 Å². The van der Waals surface area contributed by atoms with E-state index in [1.165, 1.54) is 57.8 Å². The molecule has 0 heterocycles. The minimum absolute atomic E-state index is 0.137. The number of carbonyl (C=O) groups is 1. The Morgan fingerprint density at radius 2 is 1.14 bits per heavy atom. The Balaban J connectivity index is 3.85. The molecule has 3 atom stereocenters. The Hall–Kier alpha value is -1.95. The smallest absolute Gasteiger partial charge is 0.220 e. The Morgan fingerprint density at radius 1 is 0.619 bits per heavy atom. The number of aliphatic hydroxyl groups is 3. The number of nitrogens with one attached hydrogen (secondary N) is 1. The highest BCUT2D eigenvalue weighted by molar-refractivity contribution is 5.76. The summed E-state index contributed by atoms with van der Waals surface area (Å²) in [6.45, 7) is 4.10. The predicted octanol–water partition coefficient (Wildman–Crippen LogP) is 8.81. The van der Waals surface area contributed by atoms with Crippen LogP contribution < -0.4 is 5.32 Å². The van der Waals surface area contributed by atoms with E-state index in [-0.39, 0.29) is 18.6 Å². The largest absolute Gasteiger partial charge is 0.394 e. The van der Waals surface area contributed by atoms with Crippen molar-refractivity contribution in [2.24, 2.45) is 0 Å². The van der Waals surface area contributed by atoms with E-state index < -0.39 is 12.1 Å². The topological polar surface area (TPSA) is 89.8 Å². The molecule has 0 saturated heterocycles. The quantitative estimate of drug-likeness (QED) is 0.0520. The average Bonchev–Trinajstić information content (AvgIpc) is 2.99. The number of carbonyl (C=O) groups excluding carboxylic acids is 1. The summed E-state index contributed by atoms with van der Waals surface area (Å²) < 4.78 is 0. The van der Waals surface area contributed by atoms with Gasteiger partial charge >= 0.3 is 0 Å². The van der Waals surface area contributed by atoms with Gasteiger partial charge in [0.05, 0.1) is 24.9 Å². The van der Waals surface area contributed by atoms with Crippen molar-refractivity contribution >= 4 is 5.91 Å². The minimum Gasteiger partial charge on any atom is -0.394 e. The second-order valence-corrected chi connectivity index (χ2v) is 11.4. The van der Waals surface area contributed by atoms with Gasteiger partial charge < -0.3 is 20.6 Å². The SMILES string of the molecule is CCCCCCCCCCCC/C=C/[C@@H](O)[C@H](CO)NC(=O)CCC/C=C\C/C=C\C/C=C\C/C=C\[C@H](O)CCCC. The molecular formula is C37H65NO4. The molecule has 0 aromatic heterocycles. The second-order valence-electron chi connectivity index (χ2n) is 11.4. The van der Waals surface area contributed by atoms with E-state index in [4.69, 9.17) is 0 Å². The molecule has 0 spiro atoms. The number of rotatable bonds is 29. The molecule has 0 unspecified atom stereocenters. The summed E-state index contributed by atoms with van der Waals surface area (Å²) in [5.41, 5.74) is 0. The van der Waals surface area contributed by atoms with Crippen molar-refractivity contribution in [3.05, 3.63) is 60.8 Å². The zero-order valence-corrected chi connectivity index (χ0v) is 27.1. The number of hydrogen-bond acceptors (Lipinski definition) is 4. The fourth-order valence-corrected chi connectivity index (χ4v) is 4.60. The fourth-order valence-electron chi connectivity index (χ4n) is 4.60. The number of allylic oxidation sites excluding steroid dienone is 8. The molecule has 0 aliphatic rings. The molecule has 4 N–H and O–H groups in total. The molecule has 42 heavy (non-hydrogen) atoms. The summed E-state index contributed by atoms with van der Waals surface area (Å²) in [5, 5.41) is 32.5. The Morgan fingerprint density at radius 3 is 1.74 bits per heavy atom. The third-order valence-corrected chi connectivity index (χ3v) is 7.32. The molecule has 1 amide bonds. The molecule has 0 aromatic rings. The standard InChI is InChI=1S/C37H65NO4/c1-3-5-7-8-9-10-11-15-18-21-24-27-31-36(41)35(33-39)38-37(42)32-28-25-22-19-16-13-12-14-17-20-23-26-30-34(40)29-6-4-2/h12-13,17,19-20,22,26-27,30-31,34-36,39-41H,3-11,14-16,18,21,23-25,28-29,32-33H2,1-2H3,(H,38,42)/b13-12-,20-17-,22-19-,30-26-,31-27+/t34-,35+,36-/m1/s1. The van der Waals surface area contributed by atoms with Crippen molar-refractivity contribution in [3.63, 3.8) is 0 Å². The molecule has 0 radical (unpaired) electrons. The van der Waals surface area contributed by atoms with Gasteiger partial charge in [0.25, 0.3) is 0 Å². The van der Waals surface area contributed by atoms with Gasteiger partial charge in [0.1, 0.15) is 0 Å². The van der Waals surface area contributed by atoms with E-state index in [1.54, 1.807) is 6.08 Å². The van der Waals surface area contributed by atoms with Crippen LogP contribution in [0, 0.1) is 0 Å². The molecule has 242 valence electrons. The van der Waals surface area contributed by atoms with E-state index in [1.807, 2.05) is 18.2 Å². The summed E-state index contributed by atoms with van der Waals surface area (Å²) in [6, 6.07) is -0.662. The Labute approximate surface area is 259 Å². The van der Waals surface area contributed by atoms with Crippen LogP contribution in [0.2, 0.25) is 0 Å². The first-order valence-electron chi connectivity index (χ1n) is 17.1. The predicted molar refractivity (Wildman–Crippen MR) is 180 cm³/mol. The first-order valence-corrected chi connectivity index (χ1v) is 17.1. The Bertz CT molecular complexity index is 740. The zero-order valence-electron chi connectivity index (χ0n) is 27.1. The molecule has 5 heteroatoms. The lowest BCUT2D eigenvalue weighted by Gasteiger charge is -2.19. The van der Waals surface area contributed by atoms with Crippen molar-refractivity contribution in [1.29, 1.82) is 0 Å². The van der Waals surface area contributed by atoms with Crippen molar-refractivity contribution in [3.8, 4) is 0 Å². The van der Waals surface area contributed by atoms with E-state index in [9.17, 15) is 20.1 Å². The number of aliphatic hydroxyl groups excluding tert-OH is 3. The summed E-state index contributed by atoms with van der Waals surface area (Å²) in [6.07, 6.45) is 40.6. The van der Waals surface area contributed by atoms with Crippen LogP contribution in [0.3, 0.4) is 0 Å². The maximum Gasteiger partial charge on any atom is 0.220 e. The monoisotopic (exact) mass is 587 g/mol.